The summed E-state index contributed by atoms with van der Waals surface area (Å²) in [5.74, 6) is -0.651. The number of benzene rings is 1. The highest BCUT2D eigenvalue weighted by molar-refractivity contribution is 5.80. The monoisotopic (exact) mass is 310 g/mol. The van der Waals surface area contributed by atoms with Gasteiger partial charge < -0.3 is 10.1 Å². The Morgan fingerprint density at radius 2 is 2.00 bits per heavy atom. The Kier molecular flexibility index (Phi) is 5.32. The maximum atomic E-state index is 12.8. The van der Waals surface area contributed by atoms with Crippen molar-refractivity contribution < 1.29 is 23.9 Å². The number of urea groups is 1. The molecule has 1 aromatic rings. The van der Waals surface area contributed by atoms with Gasteiger partial charge in [-0.05, 0) is 43.4 Å². The molecular formula is C15H19FN2O4. The fraction of sp³-hybridized carbons (Fsp3) is 0.467. The van der Waals surface area contributed by atoms with Gasteiger partial charge in [-0.25, -0.2) is 14.2 Å². The van der Waals surface area contributed by atoms with E-state index in [4.69, 9.17) is 0 Å². The molecule has 0 radical (unpaired) electrons. The van der Waals surface area contributed by atoms with Gasteiger partial charge in [0.25, 0.3) is 0 Å². The molecule has 0 bridgehead atoms. The van der Waals surface area contributed by atoms with Crippen molar-refractivity contribution in [1.82, 2.24) is 10.4 Å². The Morgan fingerprint density at radius 3 is 2.59 bits per heavy atom. The van der Waals surface area contributed by atoms with Crippen molar-refractivity contribution in [2.75, 3.05) is 13.2 Å². The molecule has 6 nitrogen and oxygen atoms in total. The molecule has 7 heteroatoms. The van der Waals surface area contributed by atoms with Gasteiger partial charge in [0.1, 0.15) is 12.4 Å². The van der Waals surface area contributed by atoms with E-state index in [1.54, 1.807) is 19.1 Å². The van der Waals surface area contributed by atoms with Crippen LogP contribution in [0.15, 0.2) is 24.3 Å². The van der Waals surface area contributed by atoms with Crippen LogP contribution in [0.25, 0.3) is 0 Å². The zero-order valence-corrected chi connectivity index (χ0v) is 12.3. The minimum absolute atomic E-state index is 0.193. The minimum atomic E-state index is -0.726. The van der Waals surface area contributed by atoms with Crippen LogP contribution >= 0.6 is 0 Å². The van der Waals surface area contributed by atoms with E-state index in [2.05, 4.69) is 10.1 Å². The summed E-state index contributed by atoms with van der Waals surface area (Å²) in [6.07, 6.45) is 1.18. The van der Waals surface area contributed by atoms with Gasteiger partial charge in [0, 0.05) is 0 Å². The van der Waals surface area contributed by atoms with E-state index in [1.165, 1.54) is 12.1 Å². The van der Waals surface area contributed by atoms with E-state index in [0.29, 0.717) is 17.9 Å². The molecule has 0 spiro atoms. The zero-order valence-electron chi connectivity index (χ0n) is 12.3. The van der Waals surface area contributed by atoms with Crippen molar-refractivity contribution in [3.63, 3.8) is 0 Å². The quantitative estimate of drug-likeness (QED) is 0.495. The van der Waals surface area contributed by atoms with Crippen molar-refractivity contribution in [2.24, 2.45) is 0 Å². The first-order chi connectivity index (χ1) is 10.5. The predicted octanol–water partition coefficient (Wildman–Crippen LogP) is 2.04. The molecule has 2 amide bonds. The number of rotatable bonds is 5. The van der Waals surface area contributed by atoms with E-state index in [-0.39, 0.29) is 30.9 Å². The van der Waals surface area contributed by atoms with E-state index in [9.17, 15) is 19.2 Å². The van der Waals surface area contributed by atoms with Crippen LogP contribution in [0.4, 0.5) is 9.18 Å². The average molecular weight is 310 g/mol. The Labute approximate surface area is 127 Å². The highest BCUT2D eigenvalue weighted by Crippen LogP contribution is 2.39. The number of nitrogens with one attached hydrogen (secondary N) is 1. The average Bonchev–Trinajstić information content (AvgIpc) is 2.45. The number of esters is 1. The molecule has 2 N–H and O–H groups in total. The summed E-state index contributed by atoms with van der Waals surface area (Å²) in [4.78, 5) is 22.8. The lowest BCUT2D eigenvalue weighted by Gasteiger charge is -2.39. The lowest BCUT2D eigenvalue weighted by molar-refractivity contribution is -0.142. The van der Waals surface area contributed by atoms with Crippen LogP contribution in [0, 0.1) is 5.82 Å². The third-order valence-electron chi connectivity index (χ3n) is 3.70. The number of carbonyl (C=O) groups is 2. The second-order valence-electron chi connectivity index (χ2n) is 5.18. The van der Waals surface area contributed by atoms with Crippen LogP contribution in [0.2, 0.25) is 0 Å². The number of hydroxylamine groups is 2. The number of halogens is 1. The first-order valence-corrected chi connectivity index (χ1v) is 7.18. The SMILES string of the molecule is CCOC(=O)CNC(=O)N(O)C1CC(c2ccc(F)cc2)C1. The van der Waals surface area contributed by atoms with Crippen LogP contribution in [-0.2, 0) is 9.53 Å². The van der Waals surface area contributed by atoms with Gasteiger partial charge in [-0.3, -0.25) is 10.0 Å². The molecule has 1 aromatic carbocycles. The summed E-state index contributed by atoms with van der Waals surface area (Å²) in [7, 11) is 0. The topological polar surface area (TPSA) is 78.9 Å². The summed E-state index contributed by atoms with van der Waals surface area (Å²) >= 11 is 0. The number of hydrogen-bond acceptors (Lipinski definition) is 4. The Balaban J connectivity index is 1.76. The summed E-state index contributed by atoms with van der Waals surface area (Å²) in [5, 5.41) is 12.7. The molecule has 1 saturated carbocycles. The summed E-state index contributed by atoms with van der Waals surface area (Å²) < 4.78 is 17.5. The van der Waals surface area contributed by atoms with Crippen LogP contribution in [0.5, 0.6) is 0 Å². The largest absolute Gasteiger partial charge is 0.465 e. The maximum absolute atomic E-state index is 12.8. The molecule has 0 aromatic heterocycles. The fourth-order valence-electron chi connectivity index (χ4n) is 2.40. The van der Waals surface area contributed by atoms with E-state index in [0.717, 1.165) is 5.56 Å². The van der Waals surface area contributed by atoms with Gasteiger partial charge in [0.05, 0.1) is 12.6 Å². The highest BCUT2D eigenvalue weighted by atomic mass is 19.1. The molecule has 0 atom stereocenters. The summed E-state index contributed by atoms with van der Waals surface area (Å²) in [5.41, 5.74) is 0.984. The number of hydrogen-bond donors (Lipinski definition) is 2. The Hall–Kier alpha value is -2.15. The number of carbonyl (C=O) groups excluding carboxylic acids is 2. The molecule has 1 aliphatic carbocycles. The highest BCUT2D eigenvalue weighted by Gasteiger charge is 2.36. The molecule has 0 saturated heterocycles. The molecule has 1 fully saturated rings. The predicted molar refractivity (Wildman–Crippen MR) is 75.8 cm³/mol. The Morgan fingerprint density at radius 1 is 1.36 bits per heavy atom. The first kappa shape index (κ1) is 16.2. The minimum Gasteiger partial charge on any atom is -0.465 e. The van der Waals surface area contributed by atoms with Crippen LogP contribution < -0.4 is 5.32 Å². The zero-order chi connectivity index (χ0) is 16.1. The van der Waals surface area contributed by atoms with Crippen molar-refractivity contribution in [1.29, 1.82) is 0 Å². The smallest absolute Gasteiger partial charge is 0.341 e. The summed E-state index contributed by atoms with van der Waals surface area (Å²) in [6, 6.07) is 5.17. The van der Waals surface area contributed by atoms with Crippen molar-refractivity contribution in [3.8, 4) is 0 Å². The summed E-state index contributed by atoms with van der Waals surface area (Å²) in [6.45, 7) is 1.62. The van der Waals surface area contributed by atoms with Gasteiger partial charge in [0.15, 0.2) is 0 Å². The maximum Gasteiger partial charge on any atom is 0.341 e. The van der Waals surface area contributed by atoms with Crippen LogP contribution in [0.3, 0.4) is 0 Å². The molecule has 0 aliphatic heterocycles. The van der Waals surface area contributed by atoms with Gasteiger partial charge in [-0.2, -0.15) is 0 Å². The molecule has 0 heterocycles. The van der Waals surface area contributed by atoms with Crippen molar-refractivity contribution in [3.05, 3.63) is 35.6 Å². The number of amides is 2. The van der Waals surface area contributed by atoms with Crippen molar-refractivity contribution >= 4 is 12.0 Å². The third-order valence-corrected chi connectivity index (χ3v) is 3.70. The Bertz CT molecular complexity index is 529. The van der Waals surface area contributed by atoms with Crippen LogP contribution in [-0.4, -0.2) is 41.5 Å². The van der Waals surface area contributed by atoms with E-state index < -0.39 is 12.0 Å². The van der Waals surface area contributed by atoms with Crippen molar-refractivity contribution in [2.45, 2.75) is 31.7 Å². The third kappa shape index (κ3) is 3.94. The molecule has 22 heavy (non-hydrogen) atoms. The lowest BCUT2D eigenvalue weighted by Crippen LogP contribution is -2.50. The fourth-order valence-corrected chi connectivity index (χ4v) is 2.40. The molecule has 0 unspecified atom stereocenters. The van der Waals surface area contributed by atoms with E-state index >= 15 is 0 Å². The van der Waals surface area contributed by atoms with Gasteiger partial charge >= 0.3 is 12.0 Å². The molecule has 120 valence electrons. The first-order valence-electron chi connectivity index (χ1n) is 7.18. The molecular weight excluding hydrogens is 291 g/mol. The van der Waals surface area contributed by atoms with Gasteiger partial charge in [0.2, 0.25) is 0 Å². The standard InChI is InChI=1S/C15H19FN2O4/c1-2-22-14(19)9-17-15(20)18(21)13-7-11(8-13)10-3-5-12(16)6-4-10/h3-6,11,13,21H,2,7-9H2,1H3,(H,17,20). The number of nitrogens with zero attached hydrogens (tertiary/aromatic N) is 1. The van der Waals surface area contributed by atoms with Crippen LogP contribution in [0.1, 0.15) is 31.2 Å². The number of ether oxygens (including phenoxy) is 1. The normalized spacial score (nSPS) is 20.0. The second kappa shape index (κ2) is 7.22. The van der Waals surface area contributed by atoms with E-state index in [1.807, 2.05) is 0 Å². The molecule has 2 rings (SSSR count). The van der Waals surface area contributed by atoms with Gasteiger partial charge in [-0.15, -0.1) is 0 Å². The van der Waals surface area contributed by atoms with Gasteiger partial charge in [-0.1, -0.05) is 12.1 Å². The second-order valence-corrected chi connectivity index (χ2v) is 5.18. The molecule has 1 aliphatic rings. The lowest BCUT2D eigenvalue weighted by atomic mass is 9.76.